The Labute approximate surface area is 146 Å². The SMILES string of the molecule is CCN(Cc1ccccn1)C(=O)NCc1ccnc(-n2ccnc2)c1. The van der Waals surface area contributed by atoms with Crippen LogP contribution in [0.2, 0.25) is 0 Å². The van der Waals surface area contributed by atoms with Gasteiger partial charge in [0.25, 0.3) is 0 Å². The lowest BCUT2D eigenvalue weighted by Crippen LogP contribution is -2.39. The van der Waals surface area contributed by atoms with Crippen LogP contribution in [0.15, 0.2) is 61.4 Å². The van der Waals surface area contributed by atoms with Gasteiger partial charge in [-0.05, 0) is 36.8 Å². The first kappa shape index (κ1) is 16.6. The maximum atomic E-state index is 12.4. The molecule has 0 aromatic carbocycles. The maximum absolute atomic E-state index is 12.4. The molecule has 3 heterocycles. The zero-order valence-corrected chi connectivity index (χ0v) is 14.0. The van der Waals surface area contributed by atoms with E-state index in [0.717, 1.165) is 17.1 Å². The lowest BCUT2D eigenvalue weighted by atomic mass is 10.2. The topological polar surface area (TPSA) is 75.9 Å². The van der Waals surface area contributed by atoms with Gasteiger partial charge in [0.15, 0.2) is 0 Å². The number of amides is 2. The molecule has 0 fully saturated rings. The van der Waals surface area contributed by atoms with Crippen LogP contribution < -0.4 is 5.32 Å². The van der Waals surface area contributed by atoms with Crippen molar-refractivity contribution < 1.29 is 4.79 Å². The number of hydrogen-bond acceptors (Lipinski definition) is 4. The molecule has 0 saturated carbocycles. The lowest BCUT2D eigenvalue weighted by molar-refractivity contribution is 0.197. The van der Waals surface area contributed by atoms with Gasteiger partial charge in [-0.3, -0.25) is 9.55 Å². The Morgan fingerprint density at radius 1 is 1.20 bits per heavy atom. The van der Waals surface area contributed by atoms with Gasteiger partial charge in [0.2, 0.25) is 0 Å². The molecule has 0 aliphatic heterocycles. The second-order valence-corrected chi connectivity index (χ2v) is 5.49. The van der Waals surface area contributed by atoms with Crippen molar-refractivity contribution in [3.05, 3.63) is 72.7 Å². The van der Waals surface area contributed by atoms with Gasteiger partial charge in [0, 0.05) is 37.9 Å². The molecule has 0 saturated heterocycles. The van der Waals surface area contributed by atoms with Crippen molar-refractivity contribution in [2.24, 2.45) is 0 Å². The molecule has 128 valence electrons. The van der Waals surface area contributed by atoms with Crippen LogP contribution in [0.1, 0.15) is 18.2 Å². The van der Waals surface area contributed by atoms with E-state index in [1.807, 2.05) is 48.0 Å². The van der Waals surface area contributed by atoms with E-state index in [-0.39, 0.29) is 6.03 Å². The highest BCUT2D eigenvalue weighted by molar-refractivity contribution is 5.74. The third-order valence-corrected chi connectivity index (χ3v) is 3.77. The predicted molar refractivity (Wildman–Crippen MR) is 93.9 cm³/mol. The summed E-state index contributed by atoms with van der Waals surface area (Å²) in [6, 6.07) is 9.39. The number of carbonyl (C=O) groups excluding carboxylic acids is 1. The molecule has 0 radical (unpaired) electrons. The molecule has 0 bridgehead atoms. The fourth-order valence-electron chi connectivity index (χ4n) is 2.41. The van der Waals surface area contributed by atoms with Crippen molar-refractivity contribution in [2.75, 3.05) is 6.54 Å². The quantitative estimate of drug-likeness (QED) is 0.750. The number of rotatable bonds is 6. The second kappa shape index (κ2) is 8.05. The van der Waals surface area contributed by atoms with Gasteiger partial charge in [-0.2, -0.15) is 0 Å². The lowest BCUT2D eigenvalue weighted by Gasteiger charge is -2.21. The van der Waals surface area contributed by atoms with E-state index in [0.29, 0.717) is 19.6 Å². The summed E-state index contributed by atoms with van der Waals surface area (Å²) in [6.07, 6.45) is 8.68. The smallest absolute Gasteiger partial charge is 0.318 e. The van der Waals surface area contributed by atoms with E-state index in [9.17, 15) is 4.79 Å². The number of nitrogens with one attached hydrogen (secondary N) is 1. The molecular weight excluding hydrogens is 316 g/mol. The van der Waals surface area contributed by atoms with Crippen LogP contribution in [0, 0.1) is 0 Å². The standard InChI is InChI=1S/C18H20N6O/c1-2-23(13-16-5-3-4-7-20-16)18(25)22-12-15-6-8-21-17(11-15)24-10-9-19-14-24/h3-11,14H,2,12-13H2,1H3,(H,22,25). The fourth-order valence-corrected chi connectivity index (χ4v) is 2.41. The molecule has 25 heavy (non-hydrogen) atoms. The minimum atomic E-state index is -0.117. The van der Waals surface area contributed by atoms with E-state index >= 15 is 0 Å². The monoisotopic (exact) mass is 336 g/mol. The van der Waals surface area contributed by atoms with Gasteiger partial charge in [-0.1, -0.05) is 6.07 Å². The zero-order chi connectivity index (χ0) is 17.5. The van der Waals surface area contributed by atoms with Crippen LogP contribution in [0.4, 0.5) is 4.79 Å². The van der Waals surface area contributed by atoms with Crippen LogP contribution in [0.25, 0.3) is 5.82 Å². The first-order valence-corrected chi connectivity index (χ1v) is 8.12. The molecule has 2 amide bonds. The summed E-state index contributed by atoms with van der Waals surface area (Å²) in [4.78, 5) is 26.7. The third kappa shape index (κ3) is 4.41. The first-order chi connectivity index (χ1) is 12.3. The van der Waals surface area contributed by atoms with Crippen molar-refractivity contribution in [3.8, 4) is 5.82 Å². The van der Waals surface area contributed by atoms with Crippen LogP contribution in [-0.2, 0) is 13.1 Å². The van der Waals surface area contributed by atoms with E-state index in [1.54, 1.807) is 29.8 Å². The molecule has 7 heteroatoms. The summed E-state index contributed by atoms with van der Waals surface area (Å²) < 4.78 is 1.82. The Kier molecular flexibility index (Phi) is 5.36. The average Bonchev–Trinajstić information content (AvgIpc) is 3.20. The number of imidazole rings is 1. The summed E-state index contributed by atoms with van der Waals surface area (Å²) in [7, 11) is 0. The van der Waals surface area contributed by atoms with E-state index in [4.69, 9.17) is 0 Å². The maximum Gasteiger partial charge on any atom is 0.318 e. The van der Waals surface area contributed by atoms with Gasteiger partial charge in [0.1, 0.15) is 12.1 Å². The second-order valence-electron chi connectivity index (χ2n) is 5.49. The van der Waals surface area contributed by atoms with Crippen molar-refractivity contribution in [2.45, 2.75) is 20.0 Å². The molecule has 3 rings (SSSR count). The number of hydrogen-bond donors (Lipinski definition) is 1. The number of nitrogens with zero attached hydrogens (tertiary/aromatic N) is 5. The van der Waals surface area contributed by atoms with Gasteiger partial charge in [0.05, 0.1) is 12.2 Å². The summed E-state index contributed by atoms with van der Waals surface area (Å²) >= 11 is 0. The number of pyridine rings is 2. The molecule has 3 aromatic rings. The van der Waals surface area contributed by atoms with Crippen LogP contribution >= 0.6 is 0 Å². The van der Waals surface area contributed by atoms with Gasteiger partial charge >= 0.3 is 6.03 Å². The van der Waals surface area contributed by atoms with Crippen LogP contribution in [0.5, 0.6) is 0 Å². The average molecular weight is 336 g/mol. The normalized spacial score (nSPS) is 10.4. The first-order valence-electron chi connectivity index (χ1n) is 8.12. The fraction of sp³-hybridized carbons (Fsp3) is 0.222. The highest BCUT2D eigenvalue weighted by atomic mass is 16.2. The number of aromatic nitrogens is 4. The van der Waals surface area contributed by atoms with Crippen LogP contribution in [0.3, 0.4) is 0 Å². The summed E-state index contributed by atoms with van der Waals surface area (Å²) in [5.41, 5.74) is 1.84. The number of urea groups is 1. The number of carbonyl (C=O) groups is 1. The highest BCUT2D eigenvalue weighted by Crippen LogP contribution is 2.07. The third-order valence-electron chi connectivity index (χ3n) is 3.77. The largest absolute Gasteiger partial charge is 0.334 e. The Balaban J connectivity index is 1.60. The highest BCUT2D eigenvalue weighted by Gasteiger charge is 2.12. The van der Waals surface area contributed by atoms with Crippen LogP contribution in [-0.4, -0.2) is 37.0 Å². The summed E-state index contributed by atoms with van der Waals surface area (Å²) in [6.45, 7) is 3.48. The molecule has 1 N–H and O–H groups in total. The molecule has 0 atom stereocenters. The molecule has 0 unspecified atom stereocenters. The molecule has 7 nitrogen and oxygen atoms in total. The van der Waals surface area contributed by atoms with Crippen molar-refractivity contribution in [3.63, 3.8) is 0 Å². The van der Waals surface area contributed by atoms with E-state index in [2.05, 4.69) is 20.3 Å². The Morgan fingerprint density at radius 2 is 2.12 bits per heavy atom. The van der Waals surface area contributed by atoms with E-state index in [1.165, 1.54) is 0 Å². The zero-order valence-electron chi connectivity index (χ0n) is 14.0. The van der Waals surface area contributed by atoms with Crippen molar-refractivity contribution >= 4 is 6.03 Å². The minimum absolute atomic E-state index is 0.117. The Bertz CT molecular complexity index is 803. The molecular formula is C18H20N6O. The predicted octanol–water partition coefficient (Wildman–Crippen LogP) is 2.39. The van der Waals surface area contributed by atoms with Crippen molar-refractivity contribution in [1.82, 2.24) is 29.7 Å². The summed E-state index contributed by atoms with van der Waals surface area (Å²) in [5.74, 6) is 0.769. The van der Waals surface area contributed by atoms with E-state index < -0.39 is 0 Å². The molecule has 0 spiro atoms. The summed E-state index contributed by atoms with van der Waals surface area (Å²) in [5, 5.41) is 2.95. The molecule has 0 aliphatic carbocycles. The minimum Gasteiger partial charge on any atom is -0.334 e. The van der Waals surface area contributed by atoms with Crippen molar-refractivity contribution in [1.29, 1.82) is 0 Å². The Hall–Kier alpha value is -3.22. The van der Waals surface area contributed by atoms with Gasteiger partial charge in [-0.15, -0.1) is 0 Å². The molecule has 0 aliphatic rings. The molecule has 3 aromatic heterocycles. The van der Waals surface area contributed by atoms with Gasteiger partial charge in [-0.25, -0.2) is 14.8 Å². The van der Waals surface area contributed by atoms with Gasteiger partial charge < -0.3 is 10.2 Å². The Morgan fingerprint density at radius 3 is 2.84 bits per heavy atom.